The Hall–Kier alpha value is -1.77. The van der Waals surface area contributed by atoms with Crippen molar-refractivity contribution in [1.82, 2.24) is 0 Å². The summed E-state index contributed by atoms with van der Waals surface area (Å²) >= 11 is 0. The predicted octanol–water partition coefficient (Wildman–Crippen LogP) is 19.7. The predicted molar refractivity (Wildman–Crippen MR) is 319 cm³/mol. The number of rotatable bonds is 60. The Labute approximate surface area is 465 Å². The second-order valence-electron chi connectivity index (χ2n) is 23.1. The highest BCUT2D eigenvalue weighted by Crippen LogP contribution is 2.38. The minimum Gasteiger partial charge on any atom is -0.756 e. The molecule has 9 nitrogen and oxygen atoms in total. The molecule has 2 atom stereocenters. The summed E-state index contributed by atoms with van der Waals surface area (Å²) in [6, 6.07) is 0. The largest absolute Gasteiger partial charge is 0.756 e. The number of hydrogen-bond donors (Lipinski definition) is 0. The minimum atomic E-state index is -4.64. The van der Waals surface area contributed by atoms with Crippen LogP contribution in [0, 0.1) is 0 Å². The van der Waals surface area contributed by atoms with Gasteiger partial charge in [0, 0.05) is 12.8 Å². The molecule has 0 aliphatic rings. The van der Waals surface area contributed by atoms with Gasteiger partial charge >= 0.3 is 11.9 Å². The number of phosphoric acid groups is 1. The molecule has 0 fully saturated rings. The molecule has 0 N–H and O–H groups in total. The summed E-state index contributed by atoms with van der Waals surface area (Å²) in [7, 11) is 1.18. The van der Waals surface area contributed by atoms with Crippen molar-refractivity contribution in [3.05, 3.63) is 36.5 Å². The summed E-state index contributed by atoms with van der Waals surface area (Å²) in [6.45, 7) is 4.28. The van der Waals surface area contributed by atoms with E-state index in [4.69, 9.17) is 18.5 Å². The van der Waals surface area contributed by atoms with Crippen molar-refractivity contribution in [1.29, 1.82) is 0 Å². The number of phosphoric ester groups is 1. The number of carbonyl (C=O) groups excluding carboxylic acids is 2. The van der Waals surface area contributed by atoms with E-state index in [1.54, 1.807) is 0 Å². The topological polar surface area (TPSA) is 111 Å². The maximum atomic E-state index is 12.8. The average molecular weight is 1080 g/mol. The molecule has 0 amide bonds. The van der Waals surface area contributed by atoms with Gasteiger partial charge in [0.05, 0.1) is 27.7 Å². The summed E-state index contributed by atoms with van der Waals surface area (Å²) in [5.41, 5.74) is 0. The van der Waals surface area contributed by atoms with E-state index in [1.807, 2.05) is 21.1 Å². The molecule has 0 aromatic carbocycles. The molecule has 0 aliphatic heterocycles. The van der Waals surface area contributed by atoms with Gasteiger partial charge in [0.2, 0.25) is 0 Å². The molecule has 0 aliphatic carbocycles. The average Bonchev–Trinajstić information content (AvgIpc) is 3.37. The van der Waals surface area contributed by atoms with Gasteiger partial charge in [-0.05, 0) is 51.4 Å². The Morgan fingerprint density at radius 3 is 1.07 bits per heavy atom. The molecule has 442 valence electrons. The van der Waals surface area contributed by atoms with Crippen LogP contribution < -0.4 is 4.89 Å². The number of quaternary nitrogens is 1. The van der Waals surface area contributed by atoms with Crippen LogP contribution in [0.5, 0.6) is 0 Å². The number of likely N-dealkylation sites (N-methyl/N-ethyl adjacent to an activating group) is 1. The van der Waals surface area contributed by atoms with Crippen molar-refractivity contribution in [2.75, 3.05) is 47.5 Å². The standard InChI is InChI=1S/C65H124NO8P/c1-6-8-10-12-14-16-18-20-22-24-26-28-30-32-33-34-36-38-40-42-44-46-48-50-52-54-56-58-65(68)74-63(62-73-75(69,70)72-60-59-66(3,4)5)61-71-64(67)57-55-53-51-49-47-45-43-41-39-37-35-31-29-27-25-23-21-19-17-15-13-11-9-7-2/h18,20,24,26,30,32,63H,6-17,19,21-23,25,27-29,31,33-62H2,1-5H3/b20-18-,26-24-,32-30-. The van der Waals surface area contributed by atoms with Crippen LogP contribution in [0.25, 0.3) is 0 Å². The van der Waals surface area contributed by atoms with E-state index in [0.717, 1.165) is 51.4 Å². The van der Waals surface area contributed by atoms with Crippen LogP contribution in [-0.2, 0) is 32.7 Å². The molecule has 0 saturated heterocycles. The maximum Gasteiger partial charge on any atom is 0.306 e. The van der Waals surface area contributed by atoms with Gasteiger partial charge in [-0.25, -0.2) is 0 Å². The van der Waals surface area contributed by atoms with Gasteiger partial charge in [-0.3, -0.25) is 14.2 Å². The quantitative estimate of drug-likeness (QED) is 0.0195. The van der Waals surface area contributed by atoms with Crippen LogP contribution in [0.1, 0.15) is 316 Å². The number of esters is 2. The molecule has 0 saturated carbocycles. The van der Waals surface area contributed by atoms with Crippen LogP contribution in [-0.4, -0.2) is 70.0 Å². The summed E-state index contributed by atoms with van der Waals surface area (Å²) in [5.74, 6) is -0.818. The van der Waals surface area contributed by atoms with E-state index in [0.29, 0.717) is 17.4 Å². The van der Waals surface area contributed by atoms with E-state index in [9.17, 15) is 19.0 Å². The molecule has 75 heavy (non-hydrogen) atoms. The molecule has 0 heterocycles. The number of hydrogen-bond acceptors (Lipinski definition) is 8. The molecule has 0 bridgehead atoms. The highest BCUT2D eigenvalue weighted by Gasteiger charge is 2.22. The van der Waals surface area contributed by atoms with Crippen molar-refractivity contribution in [3.8, 4) is 0 Å². The van der Waals surface area contributed by atoms with Gasteiger partial charge in [0.15, 0.2) is 6.10 Å². The van der Waals surface area contributed by atoms with Crippen molar-refractivity contribution < 1.29 is 42.1 Å². The lowest BCUT2D eigenvalue weighted by Gasteiger charge is -2.28. The molecular formula is C65H124NO8P. The van der Waals surface area contributed by atoms with Gasteiger partial charge in [-0.1, -0.05) is 288 Å². The summed E-state index contributed by atoms with van der Waals surface area (Å²) in [6.07, 6.45) is 70.6. The van der Waals surface area contributed by atoms with E-state index >= 15 is 0 Å². The monoisotopic (exact) mass is 1080 g/mol. The summed E-state index contributed by atoms with van der Waals surface area (Å²) in [5, 5.41) is 0. The highest BCUT2D eigenvalue weighted by molar-refractivity contribution is 7.45. The third-order valence-electron chi connectivity index (χ3n) is 14.4. The lowest BCUT2D eigenvalue weighted by molar-refractivity contribution is -0.870. The van der Waals surface area contributed by atoms with Crippen molar-refractivity contribution in [2.24, 2.45) is 0 Å². The molecule has 10 heteroatoms. The first-order valence-corrected chi connectivity index (χ1v) is 33.7. The van der Waals surface area contributed by atoms with Crippen molar-refractivity contribution in [3.63, 3.8) is 0 Å². The summed E-state index contributed by atoms with van der Waals surface area (Å²) in [4.78, 5) is 38.0. The molecule has 2 unspecified atom stereocenters. The Morgan fingerprint density at radius 1 is 0.413 bits per heavy atom. The number of ether oxygens (including phenoxy) is 2. The Morgan fingerprint density at radius 2 is 0.720 bits per heavy atom. The van der Waals surface area contributed by atoms with Crippen LogP contribution >= 0.6 is 7.82 Å². The van der Waals surface area contributed by atoms with Gasteiger partial charge in [0.25, 0.3) is 7.82 Å². The second-order valence-corrected chi connectivity index (χ2v) is 24.5. The van der Waals surface area contributed by atoms with Gasteiger partial charge in [0.1, 0.15) is 19.8 Å². The van der Waals surface area contributed by atoms with Crippen molar-refractivity contribution >= 4 is 19.8 Å². The van der Waals surface area contributed by atoms with E-state index in [-0.39, 0.29) is 32.0 Å². The highest BCUT2D eigenvalue weighted by atomic mass is 31.2. The lowest BCUT2D eigenvalue weighted by Crippen LogP contribution is -2.37. The smallest absolute Gasteiger partial charge is 0.306 e. The second kappa shape index (κ2) is 56.9. The minimum absolute atomic E-state index is 0.0293. The van der Waals surface area contributed by atoms with Gasteiger partial charge in [-0.2, -0.15) is 0 Å². The van der Waals surface area contributed by atoms with Crippen molar-refractivity contribution in [2.45, 2.75) is 322 Å². The zero-order valence-corrected chi connectivity index (χ0v) is 51.2. The Kier molecular flexibility index (Phi) is 55.6. The first-order valence-electron chi connectivity index (χ1n) is 32.2. The molecule has 0 radical (unpaired) electrons. The van der Waals surface area contributed by atoms with Crippen LogP contribution in [0.15, 0.2) is 36.5 Å². The number of carbonyl (C=O) groups is 2. The third-order valence-corrected chi connectivity index (χ3v) is 15.4. The fourth-order valence-electron chi connectivity index (χ4n) is 9.43. The lowest BCUT2D eigenvalue weighted by atomic mass is 10.0. The number of nitrogens with zero attached hydrogens (tertiary/aromatic N) is 1. The zero-order valence-electron chi connectivity index (χ0n) is 50.3. The normalized spacial score (nSPS) is 13.4. The fraction of sp³-hybridized carbons (Fsp3) is 0.877. The van der Waals surface area contributed by atoms with Crippen LogP contribution in [0.3, 0.4) is 0 Å². The molecule has 0 rings (SSSR count). The Bertz CT molecular complexity index is 1360. The van der Waals surface area contributed by atoms with Gasteiger partial charge in [-0.15, -0.1) is 0 Å². The fourth-order valence-corrected chi connectivity index (χ4v) is 10.2. The molecular weight excluding hydrogens is 954 g/mol. The first-order chi connectivity index (χ1) is 36.5. The first kappa shape index (κ1) is 73.2. The molecule has 0 spiro atoms. The SMILES string of the molecule is CCCCCCC/C=C\C/C=C\C/C=C\CCCCCCCCCCCCCCC(=O)OC(COC(=O)CCCCCCCCCCCCCCCCCCCCCCCCCC)COP(=O)([O-])OCC[N+](C)(C)C. The third kappa shape index (κ3) is 61.3. The van der Waals surface area contributed by atoms with E-state index in [2.05, 4.69) is 50.3 Å². The van der Waals surface area contributed by atoms with Gasteiger partial charge < -0.3 is 27.9 Å². The van der Waals surface area contributed by atoms with Crippen LogP contribution in [0.2, 0.25) is 0 Å². The van der Waals surface area contributed by atoms with Crippen LogP contribution in [0.4, 0.5) is 0 Å². The maximum absolute atomic E-state index is 12.8. The number of allylic oxidation sites excluding steroid dienone is 6. The molecule has 0 aromatic rings. The number of unbranched alkanes of at least 4 members (excludes halogenated alkanes) is 40. The zero-order chi connectivity index (χ0) is 54.9. The van der Waals surface area contributed by atoms with E-state index < -0.39 is 26.5 Å². The Balaban J connectivity index is 4.08. The molecule has 0 aromatic heterocycles. The summed E-state index contributed by atoms with van der Waals surface area (Å²) < 4.78 is 34.3. The van der Waals surface area contributed by atoms with E-state index in [1.165, 1.54) is 231 Å².